The average molecular weight is 155 g/mol. The van der Waals surface area contributed by atoms with Crippen LogP contribution in [0, 0.1) is 17.2 Å². The smallest absolute Gasteiger partial charge is 0.0695 e. The van der Waals surface area contributed by atoms with Crippen molar-refractivity contribution >= 4 is 0 Å². The summed E-state index contributed by atoms with van der Waals surface area (Å²) in [6.45, 7) is 3.89. The maximum Gasteiger partial charge on any atom is 0.0695 e. The zero-order chi connectivity index (χ0) is 8.69. The molecule has 0 spiro atoms. The van der Waals surface area contributed by atoms with E-state index in [1.54, 1.807) is 6.92 Å². The summed E-state index contributed by atoms with van der Waals surface area (Å²) in [7, 11) is 0. The van der Waals surface area contributed by atoms with E-state index in [0.717, 1.165) is 25.7 Å². The molecule has 0 rings (SSSR count). The van der Waals surface area contributed by atoms with Gasteiger partial charge in [-0.3, -0.25) is 0 Å². The zero-order valence-electron chi connectivity index (χ0n) is 7.38. The Labute approximate surface area is 68.8 Å². The average Bonchev–Trinajstić information content (AvgIpc) is 2.03. The molecule has 0 heterocycles. The van der Waals surface area contributed by atoms with E-state index in [4.69, 9.17) is 5.26 Å². The van der Waals surface area contributed by atoms with Crippen LogP contribution in [0.2, 0.25) is 0 Å². The van der Waals surface area contributed by atoms with E-state index in [2.05, 4.69) is 6.92 Å². The highest BCUT2D eigenvalue weighted by atomic mass is 16.3. The molecule has 0 fully saturated rings. The summed E-state index contributed by atoms with van der Waals surface area (Å²) in [5.41, 5.74) is 0. The van der Waals surface area contributed by atoms with Crippen molar-refractivity contribution in [1.29, 1.82) is 5.26 Å². The second kappa shape index (κ2) is 6.18. The van der Waals surface area contributed by atoms with Crippen molar-refractivity contribution < 1.29 is 5.11 Å². The molecule has 0 aromatic rings. The first-order valence-corrected chi connectivity index (χ1v) is 4.30. The molecule has 2 atom stereocenters. The van der Waals surface area contributed by atoms with Crippen molar-refractivity contribution in [2.24, 2.45) is 5.92 Å². The summed E-state index contributed by atoms with van der Waals surface area (Å²) in [6.07, 6.45) is 3.68. The molecular formula is C9H17NO. The minimum Gasteiger partial charge on any atom is -0.392 e. The molecule has 0 aliphatic rings. The Hall–Kier alpha value is -0.550. The van der Waals surface area contributed by atoms with Gasteiger partial charge in [0.2, 0.25) is 0 Å². The third kappa shape index (κ3) is 4.80. The first-order valence-electron chi connectivity index (χ1n) is 4.30. The highest BCUT2D eigenvalue weighted by Gasteiger charge is 2.11. The van der Waals surface area contributed by atoms with E-state index in [1.807, 2.05) is 6.07 Å². The Morgan fingerprint density at radius 1 is 1.45 bits per heavy atom. The van der Waals surface area contributed by atoms with E-state index in [9.17, 15) is 5.11 Å². The Bertz CT molecular complexity index is 128. The Morgan fingerprint density at radius 2 is 2.09 bits per heavy atom. The number of rotatable bonds is 5. The molecule has 0 aromatic heterocycles. The highest BCUT2D eigenvalue weighted by molar-refractivity contribution is 4.84. The van der Waals surface area contributed by atoms with Gasteiger partial charge in [-0.25, -0.2) is 0 Å². The van der Waals surface area contributed by atoms with Gasteiger partial charge in [-0.15, -0.1) is 0 Å². The molecule has 64 valence electrons. The van der Waals surface area contributed by atoms with Crippen molar-refractivity contribution in [3.05, 3.63) is 0 Å². The number of aliphatic hydroxyl groups excluding tert-OH is 1. The van der Waals surface area contributed by atoms with Crippen LogP contribution in [-0.4, -0.2) is 11.2 Å². The van der Waals surface area contributed by atoms with Crippen molar-refractivity contribution in [3.8, 4) is 6.07 Å². The molecule has 0 aliphatic heterocycles. The molecule has 0 saturated carbocycles. The van der Waals surface area contributed by atoms with Crippen LogP contribution in [0.4, 0.5) is 0 Å². The van der Waals surface area contributed by atoms with Crippen molar-refractivity contribution in [3.63, 3.8) is 0 Å². The zero-order valence-corrected chi connectivity index (χ0v) is 7.38. The van der Waals surface area contributed by atoms with Crippen LogP contribution in [0.1, 0.15) is 39.5 Å². The van der Waals surface area contributed by atoms with Gasteiger partial charge in [0.25, 0.3) is 0 Å². The molecule has 1 N–H and O–H groups in total. The number of nitriles is 1. The van der Waals surface area contributed by atoms with Gasteiger partial charge in [-0.05, 0) is 13.3 Å². The molecule has 2 unspecified atom stereocenters. The fourth-order valence-electron chi connectivity index (χ4n) is 0.940. The normalized spacial score (nSPS) is 15.5. The van der Waals surface area contributed by atoms with Crippen LogP contribution in [0.25, 0.3) is 0 Å². The first kappa shape index (κ1) is 10.4. The van der Waals surface area contributed by atoms with Gasteiger partial charge in [0, 0.05) is 0 Å². The molecule has 11 heavy (non-hydrogen) atoms. The maximum atomic E-state index is 9.32. The van der Waals surface area contributed by atoms with Crippen molar-refractivity contribution in [2.45, 2.75) is 45.6 Å². The van der Waals surface area contributed by atoms with Gasteiger partial charge in [-0.2, -0.15) is 5.26 Å². The number of hydrogen-bond acceptors (Lipinski definition) is 2. The summed E-state index contributed by atoms with van der Waals surface area (Å²) in [5.74, 6) is -0.216. The van der Waals surface area contributed by atoms with Gasteiger partial charge >= 0.3 is 0 Å². The van der Waals surface area contributed by atoms with Crippen molar-refractivity contribution in [2.75, 3.05) is 0 Å². The lowest BCUT2D eigenvalue weighted by molar-refractivity contribution is 0.128. The predicted molar refractivity (Wildman–Crippen MR) is 44.9 cm³/mol. The lowest BCUT2D eigenvalue weighted by Crippen LogP contribution is -2.15. The summed E-state index contributed by atoms with van der Waals surface area (Å²) in [4.78, 5) is 0. The molecule has 2 nitrogen and oxygen atoms in total. The SMILES string of the molecule is CCCCCC(O)C(C)C#N. The predicted octanol–water partition coefficient (Wildman–Crippen LogP) is 2.09. The van der Waals surface area contributed by atoms with Crippen LogP contribution in [0.5, 0.6) is 0 Å². The molecule has 0 aliphatic carbocycles. The molecule has 0 radical (unpaired) electrons. The fourth-order valence-corrected chi connectivity index (χ4v) is 0.940. The molecule has 0 saturated heterocycles. The summed E-state index contributed by atoms with van der Waals surface area (Å²) in [6, 6.07) is 2.04. The molecule has 0 bridgehead atoms. The van der Waals surface area contributed by atoms with E-state index in [0.29, 0.717) is 0 Å². The summed E-state index contributed by atoms with van der Waals surface area (Å²) in [5, 5.41) is 17.8. The lowest BCUT2D eigenvalue weighted by atomic mass is 10.0. The molecule has 0 amide bonds. The van der Waals surface area contributed by atoms with Crippen LogP contribution >= 0.6 is 0 Å². The second-order valence-corrected chi connectivity index (χ2v) is 2.98. The number of aliphatic hydroxyl groups is 1. The van der Waals surface area contributed by atoms with Gasteiger partial charge in [-0.1, -0.05) is 26.2 Å². The van der Waals surface area contributed by atoms with Crippen LogP contribution in [0.3, 0.4) is 0 Å². The molecule has 2 heteroatoms. The minimum absolute atomic E-state index is 0.216. The number of unbranched alkanes of at least 4 members (excludes halogenated alkanes) is 2. The molecular weight excluding hydrogens is 138 g/mol. The fraction of sp³-hybridized carbons (Fsp3) is 0.889. The standard InChI is InChI=1S/C9H17NO/c1-3-4-5-6-9(11)8(2)7-10/h8-9,11H,3-6H2,1-2H3. The summed E-state index contributed by atoms with van der Waals surface area (Å²) >= 11 is 0. The summed E-state index contributed by atoms with van der Waals surface area (Å²) < 4.78 is 0. The monoisotopic (exact) mass is 155 g/mol. The van der Waals surface area contributed by atoms with Crippen LogP contribution in [0.15, 0.2) is 0 Å². The van der Waals surface area contributed by atoms with Crippen LogP contribution < -0.4 is 0 Å². The third-order valence-corrected chi connectivity index (χ3v) is 1.88. The van der Waals surface area contributed by atoms with Crippen molar-refractivity contribution in [1.82, 2.24) is 0 Å². The van der Waals surface area contributed by atoms with Gasteiger partial charge < -0.3 is 5.11 Å². The minimum atomic E-state index is -0.424. The Balaban J connectivity index is 3.37. The van der Waals surface area contributed by atoms with Gasteiger partial charge in [0.1, 0.15) is 0 Å². The van der Waals surface area contributed by atoms with Gasteiger partial charge in [0.05, 0.1) is 18.1 Å². The number of hydrogen-bond donors (Lipinski definition) is 1. The number of nitrogens with zero attached hydrogens (tertiary/aromatic N) is 1. The van der Waals surface area contributed by atoms with E-state index in [-0.39, 0.29) is 5.92 Å². The van der Waals surface area contributed by atoms with Gasteiger partial charge in [0.15, 0.2) is 0 Å². The quantitative estimate of drug-likeness (QED) is 0.618. The third-order valence-electron chi connectivity index (χ3n) is 1.88. The lowest BCUT2D eigenvalue weighted by Gasteiger charge is -2.10. The maximum absolute atomic E-state index is 9.32. The van der Waals surface area contributed by atoms with E-state index < -0.39 is 6.10 Å². The first-order chi connectivity index (χ1) is 5.22. The van der Waals surface area contributed by atoms with Crippen LogP contribution in [-0.2, 0) is 0 Å². The topological polar surface area (TPSA) is 44.0 Å². The highest BCUT2D eigenvalue weighted by Crippen LogP contribution is 2.10. The second-order valence-electron chi connectivity index (χ2n) is 2.98. The van der Waals surface area contributed by atoms with E-state index >= 15 is 0 Å². The largest absolute Gasteiger partial charge is 0.392 e. The Kier molecular flexibility index (Phi) is 5.87. The van der Waals surface area contributed by atoms with E-state index in [1.165, 1.54) is 0 Å². The molecule has 0 aromatic carbocycles. The Morgan fingerprint density at radius 3 is 2.55 bits per heavy atom.